The summed E-state index contributed by atoms with van der Waals surface area (Å²) in [4.78, 5) is 23.3. The minimum Gasteiger partial charge on any atom is -0.480 e. The molecule has 124 valence electrons. The first kappa shape index (κ1) is 17.1. The van der Waals surface area contributed by atoms with Crippen molar-refractivity contribution >= 4 is 27.4 Å². The number of carboxylic acids is 1. The number of sulfone groups is 1. The van der Waals surface area contributed by atoms with Crippen LogP contribution >= 0.6 is 0 Å². The molecule has 1 unspecified atom stereocenters. The summed E-state index contributed by atoms with van der Waals surface area (Å²) in [5.41, 5.74) is -0.415. The van der Waals surface area contributed by atoms with Crippen molar-refractivity contribution in [2.75, 3.05) is 19.8 Å². The molecule has 0 aromatic heterocycles. The third-order valence-corrected chi connectivity index (χ3v) is 4.72. The van der Waals surface area contributed by atoms with Gasteiger partial charge in [0.25, 0.3) is 5.91 Å². The molecule has 0 saturated heterocycles. The molecule has 0 fully saturated rings. The fourth-order valence-electron chi connectivity index (χ4n) is 2.34. The van der Waals surface area contributed by atoms with Gasteiger partial charge in [0.2, 0.25) is 0 Å². The first-order valence-corrected chi connectivity index (χ1v) is 8.59. The Kier molecular flexibility index (Phi) is 4.27. The predicted molar refractivity (Wildman–Crippen MR) is 82.9 cm³/mol. The van der Waals surface area contributed by atoms with E-state index in [1.807, 2.05) is 0 Å². The summed E-state index contributed by atoms with van der Waals surface area (Å²) in [6.07, 6.45) is 1.10. The van der Waals surface area contributed by atoms with Gasteiger partial charge in [0.15, 0.2) is 9.84 Å². The molecular formula is C14H17N3O5S. The summed E-state index contributed by atoms with van der Waals surface area (Å²) in [5.74, 6) is -1.48. The number of carbonyl (C=O) groups excluding carboxylic acids is 1. The number of rotatable bonds is 5. The third-order valence-electron chi connectivity index (χ3n) is 3.59. The lowest BCUT2D eigenvalue weighted by Crippen LogP contribution is -2.56. The van der Waals surface area contributed by atoms with Gasteiger partial charge in [0, 0.05) is 18.9 Å². The lowest BCUT2D eigenvalue weighted by Gasteiger charge is -2.24. The molecule has 1 aliphatic heterocycles. The van der Waals surface area contributed by atoms with Gasteiger partial charge in [-0.2, -0.15) is 5.10 Å². The molecule has 1 amide bonds. The summed E-state index contributed by atoms with van der Waals surface area (Å²) in [6.45, 7) is 1.14. The van der Waals surface area contributed by atoms with Crippen LogP contribution < -0.4 is 5.32 Å². The zero-order valence-electron chi connectivity index (χ0n) is 12.9. The maximum Gasteiger partial charge on any atom is 0.317 e. The van der Waals surface area contributed by atoms with Crippen molar-refractivity contribution in [3.8, 4) is 0 Å². The number of amides is 1. The molecule has 0 saturated carbocycles. The Labute approximate surface area is 133 Å². The molecule has 0 bridgehead atoms. The lowest BCUT2D eigenvalue weighted by molar-refractivity contribution is -0.137. The highest BCUT2D eigenvalue weighted by molar-refractivity contribution is 7.90. The largest absolute Gasteiger partial charge is 0.480 e. The van der Waals surface area contributed by atoms with E-state index in [0.717, 1.165) is 11.3 Å². The fourth-order valence-corrected chi connectivity index (χ4v) is 2.97. The summed E-state index contributed by atoms with van der Waals surface area (Å²) in [5, 5.41) is 16.8. The second-order valence-electron chi connectivity index (χ2n) is 5.45. The molecule has 8 nitrogen and oxygen atoms in total. The number of likely N-dealkylation sites (N-methyl/N-ethyl adjacent to an activating group) is 1. The fraction of sp³-hybridized carbons (Fsp3) is 0.357. The van der Waals surface area contributed by atoms with Crippen LogP contribution in [0.2, 0.25) is 0 Å². The highest BCUT2D eigenvalue weighted by Crippen LogP contribution is 2.24. The second kappa shape index (κ2) is 5.74. The Morgan fingerprint density at radius 3 is 2.39 bits per heavy atom. The second-order valence-corrected chi connectivity index (χ2v) is 7.46. The van der Waals surface area contributed by atoms with Gasteiger partial charge in [-0.15, -0.1) is 0 Å². The number of benzene rings is 1. The number of nitrogens with zero attached hydrogens (tertiary/aromatic N) is 2. The van der Waals surface area contributed by atoms with Crippen LogP contribution in [0, 0.1) is 0 Å². The first-order chi connectivity index (χ1) is 10.6. The van der Waals surface area contributed by atoms with Gasteiger partial charge in [0.05, 0.1) is 17.2 Å². The monoisotopic (exact) mass is 339 g/mol. The Hall–Kier alpha value is -2.26. The van der Waals surface area contributed by atoms with Gasteiger partial charge in [-0.25, -0.2) is 13.4 Å². The highest BCUT2D eigenvalue weighted by Gasteiger charge is 2.46. The van der Waals surface area contributed by atoms with E-state index in [1.54, 1.807) is 19.1 Å². The van der Waals surface area contributed by atoms with Crippen LogP contribution in [0.4, 0.5) is 0 Å². The number of hydrogen-bond donors (Lipinski definition) is 2. The lowest BCUT2D eigenvalue weighted by atomic mass is 9.90. The molecule has 23 heavy (non-hydrogen) atoms. The number of hydrogen-bond acceptors (Lipinski definition) is 6. The molecule has 1 aromatic carbocycles. The van der Waals surface area contributed by atoms with Gasteiger partial charge in [-0.1, -0.05) is 12.1 Å². The van der Waals surface area contributed by atoms with Gasteiger partial charge < -0.3 is 5.11 Å². The topological polar surface area (TPSA) is 116 Å². The molecule has 2 rings (SSSR count). The van der Waals surface area contributed by atoms with E-state index in [9.17, 15) is 18.0 Å². The smallest absolute Gasteiger partial charge is 0.317 e. The van der Waals surface area contributed by atoms with Crippen molar-refractivity contribution in [1.29, 1.82) is 0 Å². The molecule has 1 aromatic rings. The van der Waals surface area contributed by atoms with Gasteiger partial charge >= 0.3 is 5.97 Å². The van der Waals surface area contributed by atoms with Crippen molar-refractivity contribution in [2.24, 2.45) is 5.10 Å². The number of carboxylic acid groups (broad SMARTS) is 1. The van der Waals surface area contributed by atoms with E-state index in [1.165, 1.54) is 19.2 Å². The molecule has 1 atom stereocenters. The van der Waals surface area contributed by atoms with E-state index in [4.69, 9.17) is 5.11 Å². The third kappa shape index (κ3) is 3.25. The maximum absolute atomic E-state index is 12.3. The van der Waals surface area contributed by atoms with Crippen molar-refractivity contribution in [2.45, 2.75) is 17.4 Å². The standard InChI is InChI=1S/C14H17N3O5S/c1-14(15-8-11(18)19)12(16-17(2)13(14)20)9-4-6-10(7-5-9)23(3,21)22/h4-7,15H,8H2,1-3H3,(H,18,19). The van der Waals surface area contributed by atoms with Crippen LogP contribution in [-0.4, -0.2) is 61.5 Å². The number of aliphatic carboxylic acids is 1. The molecule has 0 aliphatic carbocycles. The van der Waals surface area contributed by atoms with Crippen LogP contribution in [0.1, 0.15) is 12.5 Å². The van der Waals surface area contributed by atoms with E-state index in [-0.39, 0.29) is 10.8 Å². The van der Waals surface area contributed by atoms with Crippen LogP contribution in [0.5, 0.6) is 0 Å². The molecule has 1 heterocycles. The average molecular weight is 339 g/mol. The molecule has 9 heteroatoms. The zero-order valence-corrected chi connectivity index (χ0v) is 13.7. The maximum atomic E-state index is 12.3. The Bertz CT molecular complexity index is 785. The van der Waals surface area contributed by atoms with Crippen LogP contribution in [0.15, 0.2) is 34.3 Å². The van der Waals surface area contributed by atoms with E-state index in [2.05, 4.69) is 10.4 Å². The van der Waals surface area contributed by atoms with Crippen LogP contribution in [-0.2, 0) is 19.4 Å². The molecule has 1 aliphatic rings. The molecule has 0 radical (unpaired) electrons. The zero-order chi connectivity index (χ0) is 17.4. The van der Waals surface area contributed by atoms with Crippen LogP contribution in [0.25, 0.3) is 0 Å². The minimum absolute atomic E-state index is 0.153. The summed E-state index contributed by atoms with van der Waals surface area (Å²) >= 11 is 0. The summed E-state index contributed by atoms with van der Waals surface area (Å²) < 4.78 is 23.0. The molecular weight excluding hydrogens is 322 g/mol. The number of nitrogens with one attached hydrogen (secondary N) is 1. The first-order valence-electron chi connectivity index (χ1n) is 6.70. The van der Waals surface area contributed by atoms with Crippen molar-refractivity contribution < 1.29 is 23.1 Å². The Balaban J connectivity index is 2.41. The Morgan fingerprint density at radius 2 is 1.91 bits per heavy atom. The van der Waals surface area contributed by atoms with E-state index >= 15 is 0 Å². The predicted octanol–water partition coefficient (Wildman–Crippen LogP) is -0.301. The van der Waals surface area contributed by atoms with Gasteiger partial charge in [-0.05, 0) is 19.1 Å². The SMILES string of the molecule is CN1N=C(c2ccc(S(C)(=O)=O)cc2)C(C)(NCC(=O)O)C1=O. The Morgan fingerprint density at radius 1 is 1.35 bits per heavy atom. The summed E-state index contributed by atoms with van der Waals surface area (Å²) in [7, 11) is -1.85. The summed E-state index contributed by atoms with van der Waals surface area (Å²) in [6, 6.07) is 5.94. The average Bonchev–Trinajstić information content (AvgIpc) is 2.69. The normalized spacial score (nSPS) is 21.4. The highest BCUT2D eigenvalue weighted by atomic mass is 32.2. The number of carbonyl (C=O) groups is 2. The number of hydrazone groups is 1. The van der Waals surface area contributed by atoms with Gasteiger partial charge in [0.1, 0.15) is 5.54 Å². The van der Waals surface area contributed by atoms with E-state index < -0.39 is 27.9 Å². The van der Waals surface area contributed by atoms with Crippen molar-refractivity contribution in [3.63, 3.8) is 0 Å². The molecule has 2 N–H and O–H groups in total. The van der Waals surface area contributed by atoms with Crippen molar-refractivity contribution in [3.05, 3.63) is 29.8 Å². The van der Waals surface area contributed by atoms with Crippen molar-refractivity contribution in [1.82, 2.24) is 10.3 Å². The quantitative estimate of drug-likeness (QED) is 0.761. The van der Waals surface area contributed by atoms with Gasteiger partial charge in [-0.3, -0.25) is 14.9 Å². The molecule has 0 spiro atoms. The van der Waals surface area contributed by atoms with Crippen LogP contribution in [0.3, 0.4) is 0 Å². The minimum atomic E-state index is -3.33. The van der Waals surface area contributed by atoms with E-state index in [0.29, 0.717) is 11.3 Å².